The van der Waals surface area contributed by atoms with Gasteiger partial charge in [-0.15, -0.1) is 24.0 Å². The van der Waals surface area contributed by atoms with E-state index >= 15 is 0 Å². The SMILES string of the molecule is CN=C(NCCc1ccc(Oc2ccc(F)cc2)cc1)NC(C)CCS(C)(=O)=O.I. The maximum atomic E-state index is 12.9. The van der Waals surface area contributed by atoms with Gasteiger partial charge < -0.3 is 15.4 Å². The van der Waals surface area contributed by atoms with Crippen LogP contribution in [0.25, 0.3) is 0 Å². The number of guanidine groups is 1. The molecule has 0 saturated carbocycles. The Morgan fingerprint density at radius 3 is 2.20 bits per heavy atom. The minimum absolute atomic E-state index is 0. The van der Waals surface area contributed by atoms with Gasteiger partial charge in [-0.1, -0.05) is 12.1 Å². The van der Waals surface area contributed by atoms with Crippen LogP contribution < -0.4 is 15.4 Å². The fraction of sp³-hybridized carbons (Fsp3) is 0.381. The van der Waals surface area contributed by atoms with E-state index in [1.54, 1.807) is 19.2 Å². The van der Waals surface area contributed by atoms with Crippen molar-refractivity contribution in [1.29, 1.82) is 0 Å². The molecule has 0 heterocycles. The number of sulfone groups is 1. The highest BCUT2D eigenvalue weighted by atomic mass is 127. The first-order valence-corrected chi connectivity index (χ1v) is 11.5. The second-order valence-electron chi connectivity index (χ2n) is 6.91. The largest absolute Gasteiger partial charge is 0.457 e. The number of nitrogens with zero attached hydrogens (tertiary/aromatic N) is 1. The average Bonchev–Trinajstić information content (AvgIpc) is 2.68. The maximum absolute atomic E-state index is 12.9. The van der Waals surface area contributed by atoms with Crippen LogP contribution in [0.1, 0.15) is 18.9 Å². The minimum Gasteiger partial charge on any atom is -0.457 e. The zero-order valence-corrected chi connectivity index (χ0v) is 20.5. The van der Waals surface area contributed by atoms with Gasteiger partial charge in [0.1, 0.15) is 27.2 Å². The number of ether oxygens (including phenoxy) is 1. The van der Waals surface area contributed by atoms with Crippen LogP contribution in [0.15, 0.2) is 53.5 Å². The van der Waals surface area contributed by atoms with Crippen molar-refractivity contribution in [3.05, 3.63) is 59.9 Å². The van der Waals surface area contributed by atoms with Crippen LogP contribution in [0.3, 0.4) is 0 Å². The van der Waals surface area contributed by atoms with Gasteiger partial charge in [0.25, 0.3) is 0 Å². The number of benzene rings is 2. The van der Waals surface area contributed by atoms with Crippen molar-refractivity contribution < 1.29 is 17.5 Å². The summed E-state index contributed by atoms with van der Waals surface area (Å²) < 4.78 is 41.1. The van der Waals surface area contributed by atoms with Gasteiger partial charge in [-0.2, -0.15) is 0 Å². The summed E-state index contributed by atoms with van der Waals surface area (Å²) in [6, 6.07) is 13.6. The second kappa shape index (κ2) is 12.7. The predicted octanol–water partition coefficient (Wildman–Crippen LogP) is 3.77. The Hall–Kier alpha value is -1.88. The van der Waals surface area contributed by atoms with Crippen molar-refractivity contribution in [2.45, 2.75) is 25.8 Å². The molecule has 1 atom stereocenters. The van der Waals surface area contributed by atoms with Gasteiger partial charge in [0, 0.05) is 25.9 Å². The third kappa shape index (κ3) is 10.2. The maximum Gasteiger partial charge on any atom is 0.191 e. The van der Waals surface area contributed by atoms with Crippen molar-refractivity contribution in [2.24, 2.45) is 4.99 Å². The summed E-state index contributed by atoms with van der Waals surface area (Å²) in [4.78, 5) is 4.17. The molecule has 6 nitrogen and oxygen atoms in total. The van der Waals surface area contributed by atoms with E-state index in [2.05, 4.69) is 15.6 Å². The molecule has 1 unspecified atom stereocenters. The number of nitrogens with one attached hydrogen (secondary N) is 2. The van der Waals surface area contributed by atoms with Crippen LogP contribution in [0, 0.1) is 5.82 Å². The summed E-state index contributed by atoms with van der Waals surface area (Å²) in [6.07, 6.45) is 2.55. The lowest BCUT2D eigenvalue weighted by atomic mass is 10.1. The van der Waals surface area contributed by atoms with Crippen LogP contribution in [0.4, 0.5) is 4.39 Å². The molecule has 0 aromatic heterocycles. The molecule has 0 spiro atoms. The molecular weight excluding hydrogens is 520 g/mol. The molecule has 2 aromatic carbocycles. The van der Waals surface area contributed by atoms with Gasteiger partial charge in [-0.25, -0.2) is 12.8 Å². The summed E-state index contributed by atoms with van der Waals surface area (Å²) in [6.45, 7) is 2.61. The van der Waals surface area contributed by atoms with E-state index in [0.29, 0.717) is 30.4 Å². The Morgan fingerprint density at radius 1 is 1.10 bits per heavy atom. The summed E-state index contributed by atoms with van der Waals surface area (Å²) in [5.74, 6) is 1.76. The van der Waals surface area contributed by atoms with Crippen LogP contribution in [-0.2, 0) is 16.3 Å². The summed E-state index contributed by atoms with van der Waals surface area (Å²) in [5.41, 5.74) is 1.13. The Bertz CT molecular complexity index is 904. The van der Waals surface area contributed by atoms with Crippen molar-refractivity contribution in [3.8, 4) is 11.5 Å². The molecular formula is C21H29FIN3O3S. The number of hydrogen-bond donors (Lipinski definition) is 2. The lowest BCUT2D eigenvalue weighted by Crippen LogP contribution is -2.43. The average molecular weight is 549 g/mol. The van der Waals surface area contributed by atoms with Crippen molar-refractivity contribution in [1.82, 2.24) is 10.6 Å². The Balaban J connectivity index is 0.00000450. The van der Waals surface area contributed by atoms with Gasteiger partial charge in [0.15, 0.2) is 5.96 Å². The van der Waals surface area contributed by atoms with E-state index < -0.39 is 9.84 Å². The number of rotatable bonds is 9. The minimum atomic E-state index is -2.97. The van der Waals surface area contributed by atoms with Crippen LogP contribution in [-0.4, -0.2) is 46.0 Å². The molecule has 0 fully saturated rings. The summed E-state index contributed by atoms with van der Waals surface area (Å²) in [7, 11) is -1.29. The highest BCUT2D eigenvalue weighted by Gasteiger charge is 2.09. The third-order valence-electron chi connectivity index (χ3n) is 4.21. The summed E-state index contributed by atoms with van der Waals surface area (Å²) in [5, 5.41) is 6.42. The molecule has 0 saturated heterocycles. The van der Waals surface area contributed by atoms with E-state index in [1.165, 1.54) is 18.4 Å². The van der Waals surface area contributed by atoms with Gasteiger partial charge in [0.2, 0.25) is 0 Å². The molecule has 2 N–H and O–H groups in total. The highest BCUT2D eigenvalue weighted by molar-refractivity contribution is 14.0. The molecule has 0 aliphatic rings. The number of halogens is 2. The predicted molar refractivity (Wildman–Crippen MR) is 130 cm³/mol. The molecule has 2 aromatic rings. The third-order valence-corrected chi connectivity index (χ3v) is 5.18. The van der Waals surface area contributed by atoms with Gasteiger partial charge in [-0.05, 0) is 61.7 Å². The molecule has 0 aliphatic carbocycles. The Morgan fingerprint density at radius 2 is 1.67 bits per heavy atom. The lowest BCUT2D eigenvalue weighted by Gasteiger charge is -2.17. The lowest BCUT2D eigenvalue weighted by molar-refractivity contribution is 0.480. The zero-order valence-electron chi connectivity index (χ0n) is 17.4. The molecule has 9 heteroatoms. The van der Waals surface area contributed by atoms with E-state index in [9.17, 15) is 12.8 Å². The quantitative estimate of drug-likeness (QED) is 0.283. The van der Waals surface area contributed by atoms with Gasteiger partial charge >= 0.3 is 0 Å². The normalized spacial score (nSPS) is 12.6. The highest BCUT2D eigenvalue weighted by Crippen LogP contribution is 2.21. The van der Waals surface area contributed by atoms with E-state index in [1.807, 2.05) is 31.2 Å². The van der Waals surface area contributed by atoms with Crippen LogP contribution in [0.5, 0.6) is 11.5 Å². The first kappa shape index (κ1) is 26.2. The Labute approximate surface area is 195 Å². The Kier molecular flexibility index (Phi) is 11.1. The van der Waals surface area contributed by atoms with E-state index in [4.69, 9.17) is 4.74 Å². The molecule has 0 aliphatic heterocycles. The van der Waals surface area contributed by atoms with E-state index in [-0.39, 0.29) is 41.6 Å². The molecule has 0 amide bonds. The van der Waals surface area contributed by atoms with Gasteiger partial charge in [-0.3, -0.25) is 4.99 Å². The molecule has 0 bridgehead atoms. The topological polar surface area (TPSA) is 79.8 Å². The van der Waals surface area contributed by atoms with Crippen molar-refractivity contribution in [3.63, 3.8) is 0 Å². The monoisotopic (exact) mass is 549 g/mol. The standard InChI is InChI=1S/C21H28FN3O3S.HI/c1-16(13-15-29(3,26)27)25-21(23-2)24-14-12-17-4-8-19(9-5-17)28-20-10-6-18(22)7-11-20;/h4-11,16H,12-15H2,1-3H3,(H2,23,24,25);1H. The fourth-order valence-corrected chi connectivity index (χ4v) is 3.36. The molecule has 30 heavy (non-hydrogen) atoms. The molecule has 166 valence electrons. The number of aliphatic imine (C=N–C) groups is 1. The summed E-state index contributed by atoms with van der Waals surface area (Å²) >= 11 is 0. The van der Waals surface area contributed by atoms with Crippen molar-refractivity contribution >= 4 is 39.8 Å². The van der Waals surface area contributed by atoms with E-state index in [0.717, 1.165) is 12.0 Å². The zero-order chi connectivity index (χ0) is 21.3. The second-order valence-corrected chi connectivity index (χ2v) is 9.17. The molecule has 2 rings (SSSR count). The van der Waals surface area contributed by atoms with Crippen LogP contribution in [0.2, 0.25) is 0 Å². The van der Waals surface area contributed by atoms with Crippen LogP contribution >= 0.6 is 24.0 Å². The smallest absolute Gasteiger partial charge is 0.191 e. The first-order valence-electron chi connectivity index (χ1n) is 9.42. The fourth-order valence-electron chi connectivity index (χ4n) is 2.58. The molecule has 0 radical (unpaired) electrons. The number of hydrogen-bond acceptors (Lipinski definition) is 4. The van der Waals surface area contributed by atoms with Crippen molar-refractivity contribution in [2.75, 3.05) is 25.6 Å². The van der Waals surface area contributed by atoms with Gasteiger partial charge in [0.05, 0.1) is 5.75 Å². The first-order chi connectivity index (χ1) is 13.7.